The van der Waals surface area contributed by atoms with Crippen molar-refractivity contribution in [3.8, 4) is 0 Å². The molecule has 3 aliphatic rings. The summed E-state index contributed by atoms with van der Waals surface area (Å²) in [5.41, 5.74) is 0. The Morgan fingerprint density at radius 2 is 1.54 bits per heavy atom. The first-order valence-electron chi connectivity index (χ1n) is 12.0. The Morgan fingerprint density at radius 1 is 0.857 bits per heavy atom. The molecule has 0 spiro atoms. The highest BCUT2D eigenvalue weighted by Crippen LogP contribution is 2.25. The van der Waals surface area contributed by atoms with Crippen LogP contribution in [0.1, 0.15) is 90.4 Å². The third kappa shape index (κ3) is 6.20. The predicted molar refractivity (Wildman–Crippen MR) is 113 cm³/mol. The normalized spacial score (nSPS) is 23.7. The summed E-state index contributed by atoms with van der Waals surface area (Å²) in [5.74, 6) is 0.863. The molecule has 160 valence electrons. The summed E-state index contributed by atoms with van der Waals surface area (Å²) in [5, 5.41) is 3.32. The summed E-state index contributed by atoms with van der Waals surface area (Å²) in [7, 11) is 0. The monoisotopic (exact) mass is 391 g/mol. The van der Waals surface area contributed by atoms with Crippen LogP contribution in [0, 0.1) is 5.92 Å². The highest BCUT2D eigenvalue weighted by atomic mass is 16.2. The molecule has 0 aromatic heterocycles. The van der Waals surface area contributed by atoms with Gasteiger partial charge in [-0.25, -0.2) is 0 Å². The average Bonchev–Trinajstić information content (AvgIpc) is 2.75. The van der Waals surface area contributed by atoms with Crippen molar-refractivity contribution in [2.45, 2.75) is 102 Å². The molecule has 0 unspecified atom stereocenters. The number of carbonyl (C=O) groups is 2. The van der Waals surface area contributed by atoms with Crippen LogP contribution in [0.4, 0.5) is 0 Å². The Hall–Kier alpha value is -1.10. The largest absolute Gasteiger partial charge is 0.353 e. The molecule has 0 aromatic rings. The van der Waals surface area contributed by atoms with Crippen LogP contribution in [0.25, 0.3) is 0 Å². The van der Waals surface area contributed by atoms with Crippen molar-refractivity contribution in [2.24, 2.45) is 5.92 Å². The number of amides is 2. The van der Waals surface area contributed by atoms with Crippen LogP contribution < -0.4 is 5.32 Å². The SMILES string of the molecule is CCCCCC(=O)N1CCC(N2CCC(C(=O)NC3CCCCC3)CC2)CC1. The van der Waals surface area contributed by atoms with Crippen LogP contribution in [0.5, 0.6) is 0 Å². The van der Waals surface area contributed by atoms with Gasteiger partial charge in [0.1, 0.15) is 0 Å². The van der Waals surface area contributed by atoms with Gasteiger partial charge in [0, 0.05) is 37.5 Å². The first-order valence-corrected chi connectivity index (χ1v) is 12.0. The Labute approximate surface area is 171 Å². The topological polar surface area (TPSA) is 52.7 Å². The third-order valence-corrected chi connectivity index (χ3v) is 7.18. The molecule has 0 radical (unpaired) electrons. The standard InChI is InChI=1S/C23H41N3O2/c1-2-3-5-10-22(27)26-17-13-21(14-18-26)25-15-11-19(12-16-25)23(28)24-20-8-6-4-7-9-20/h19-21H,2-18H2,1H3,(H,24,28). The zero-order chi connectivity index (χ0) is 19.8. The van der Waals surface area contributed by atoms with E-state index in [0.29, 0.717) is 23.9 Å². The van der Waals surface area contributed by atoms with Crippen molar-refractivity contribution >= 4 is 11.8 Å². The molecule has 2 saturated heterocycles. The quantitative estimate of drug-likeness (QED) is 0.673. The molecular formula is C23H41N3O2. The molecule has 0 aromatic carbocycles. The zero-order valence-corrected chi connectivity index (χ0v) is 18.0. The molecule has 1 aliphatic carbocycles. The van der Waals surface area contributed by atoms with E-state index in [0.717, 1.165) is 71.1 Å². The molecule has 2 heterocycles. The first kappa shape index (κ1) is 21.6. The van der Waals surface area contributed by atoms with Gasteiger partial charge in [-0.2, -0.15) is 0 Å². The smallest absolute Gasteiger partial charge is 0.223 e. The van der Waals surface area contributed by atoms with Crippen molar-refractivity contribution in [1.82, 2.24) is 15.1 Å². The lowest BCUT2D eigenvalue weighted by Gasteiger charge is -2.41. The lowest BCUT2D eigenvalue weighted by Crippen LogP contribution is -2.50. The van der Waals surface area contributed by atoms with E-state index in [1.54, 1.807) is 0 Å². The minimum absolute atomic E-state index is 0.207. The maximum atomic E-state index is 12.6. The van der Waals surface area contributed by atoms with E-state index in [4.69, 9.17) is 0 Å². The molecule has 5 heteroatoms. The lowest BCUT2D eigenvalue weighted by atomic mass is 9.91. The summed E-state index contributed by atoms with van der Waals surface area (Å²) < 4.78 is 0. The Kier molecular flexibility index (Phi) is 8.63. The Bertz CT molecular complexity index is 488. The van der Waals surface area contributed by atoms with Crippen molar-refractivity contribution in [2.75, 3.05) is 26.2 Å². The van der Waals surface area contributed by atoms with Gasteiger partial charge in [-0.1, -0.05) is 39.0 Å². The van der Waals surface area contributed by atoms with Crippen molar-refractivity contribution in [1.29, 1.82) is 0 Å². The van der Waals surface area contributed by atoms with Crippen LogP contribution in [0.2, 0.25) is 0 Å². The van der Waals surface area contributed by atoms with Crippen LogP contribution in [0.3, 0.4) is 0 Å². The number of unbranched alkanes of at least 4 members (excludes halogenated alkanes) is 2. The van der Waals surface area contributed by atoms with Crippen molar-refractivity contribution in [3.63, 3.8) is 0 Å². The Morgan fingerprint density at radius 3 is 2.18 bits per heavy atom. The van der Waals surface area contributed by atoms with E-state index in [9.17, 15) is 9.59 Å². The minimum Gasteiger partial charge on any atom is -0.353 e. The highest BCUT2D eigenvalue weighted by molar-refractivity contribution is 5.79. The molecule has 2 aliphatic heterocycles. The van der Waals surface area contributed by atoms with Gasteiger partial charge in [-0.3, -0.25) is 9.59 Å². The van der Waals surface area contributed by atoms with E-state index >= 15 is 0 Å². The van der Waals surface area contributed by atoms with Gasteiger partial charge < -0.3 is 15.1 Å². The van der Waals surface area contributed by atoms with Gasteiger partial charge in [-0.05, 0) is 58.0 Å². The third-order valence-electron chi connectivity index (χ3n) is 7.18. The number of carbonyl (C=O) groups excluding carboxylic acids is 2. The second-order valence-corrected chi connectivity index (χ2v) is 9.22. The summed E-state index contributed by atoms with van der Waals surface area (Å²) in [6, 6.07) is 1.03. The van der Waals surface area contributed by atoms with Crippen molar-refractivity contribution in [3.05, 3.63) is 0 Å². The summed E-state index contributed by atoms with van der Waals surface area (Å²) in [6.45, 7) is 6.09. The molecule has 2 amide bonds. The van der Waals surface area contributed by atoms with E-state index < -0.39 is 0 Å². The molecule has 5 nitrogen and oxygen atoms in total. The average molecular weight is 392 g/mol. The highest BCUT2D eigenvalue weighted by Gasteiger charge is 2.32. The Balaban J connectivity index is 1.34. The van der Waals surface area contributed by atoms with Gasteiger partial charge in [0.2, 0.25) is 11.8 Å². The maximum Gasteiger partial charge on any atom is 0.223 e. The minimum atomic E-state index is 0.207. The van der Waals surface area contributed by atoms with E-state index in [2.05, 4.69) is 22.0 Å². The zero-order valence-electron chi connectivity index (χ0n) is 18.0. The fraction of sp³-hybridized carbons (Fsp3) is 0.913. The van der Waals surface area contributed by atoms with E-state index in [-0.39, 0.29) is 5.92 Å². The molecule has 0 bridgehead atoms. The van der Waals surface area contributed by atoms with Crippen LogP contribution in [-0.2, 0) is 9.59 Å². The number of hydrogen-bond acceptors (Lipinski definition) is 3. The van der Waals surface area contributed by atoms with Gasteiger partial charge in [0.25, 0.3) is 0 Å². The van der Waals surface area contributed by atoms with Gasteiger partial charge in [0.05, 0.1) is 0 Å². The molecule has 28 heavy (non-hydrogen) atoms. The van der Waals surface area contributed by atoms with Gasteiger partial charge >= 0.3 is 0 Å². The number of piperidine rings is 2. The molecule has 1 N–H and O–H groups in total. The van der Waals surface area contributed by atoms with Crippen LogP contribution >= 0.6 is 0 Å². The number of rotatable bonds is 7. The molecule has 3 rings (SSSR count). The first-order chi connectivity index (χ1) is 13.7. The summed E-state index contributed by atoms with van der Waals surface area (Å²) in [6.07, 6.45) is 14.5. The fourth-order valence-electron chi connectivity index (χ4n) is 5.26. The van der Waals surface area contributed by atoms with E-state index in [1.807, 2.05) is 0 Å². The molecule has 1 saturated carbocycles. The summed E-state index contributed by atoms with van der Waals surface area (Å²) >= 11 is 0. The molecule has 0 atom stereocenters. The lowest BCUT2D eigenvalue weighted by molar-refractivity contribution is -0.133. The number of hydrogen-bond donors (Lipinski definition) is 1. The number of nitrogens with one attached hydrogen (secondary N) is 1. The van der Waals surface area contributed by atoms with Crippen LogP contribution in [0.15, 0.2) is 0 Å². The van der Waals surface area contributed by atoms with Crippen LogP contribution in [-0.4, -0.2) is 59.9 Å². The predicted octanol–water partition coefficient (Wildman–Crippen LogP) is 3.72. The molecular weight excluding hydrogens is 350 g/mol. The van der Waals surface area contributed by atoms with Gasteiger partial charge in [0.15, 0.2) is 0 Å². The second kappa shape index (κ2) is 11.2. The van der Waals surface area contributed by atoms with Gasteiger partial charge in [-0.15, -0.1) is 0 Å². The fourth-order valence-corrected chi connectivity index (χ4v) is 5.26. The maximum absolute atomic E-state index is 12.6. The molecule has 3 fully saturated rings. The van der Waals surface area contributed by atoms with E-state index in [1.165, 1.54) is 38.5 Å². The van der Waals surface area contributed by atoms with Crippen molar-refractivity contribution < 1.29 is 9.59 Å². The number of likely N-dealkylation sites (tertiary alicyclic amines) is 2. The number of nitrogens with zero attached hydrogens (tertiary/aromatic N) is 2. The second-order valence-electron chi connectivity index (χ2n) is 9.22. The summed E-state index contributed by atoms with van der Waals surface area (Å²) in [4.78, 5) is 29.6.